The van der Waals surface area contributed by atoms with Crippen molar-refractivity contribution < 1.29 is 13.2 Å². The van der Waals surface area contributed by atoms with Crippen LogP contribution in [0.5, 0.6) is 0 Å². The molecule has 1 aromatic carbocycles. The van der Waals surface area contributed by atoms with E-state index in [0.717, 1.165) is 19.3 Å². The standard InChI is InChI=1S/C20H27N3O3S2/c1-22(2)17(14-16-8-4-3-5-9-16)15-21-20(24)19-18(10-13-27-19)28(25,26)23-11-6-7-12-23/h3-5,8-10,13,17H,6-7,11-12,14-15H2,1-2H3,(H,21,24). The normalized spacial score (nSPS) is 16.4. The van der Waals surface area contributed by atoms with E-state index >= 15 is 0 Å². The van der Waals surface area contributed by atoms with Crippen molar-refractivity contribution in [3.63, 3.8) is 0 Å². The number of rotatable bonds is 8. The molecule has 1 fully saturated rings. The van der Waals surface area contributed by atoms with Crippen LogP contribution >= 0.6 is 11.3 Å². The van der Waals surface area contributed by atoms with Gasteiger partial charge in [0.15, 0.2) is 0 Å². The molecule has 1 amide bonds. The van der Waals surface area contributed by atoms with Crippen molar-refractivity contribution in [3.8, 4) is 0 Å². The second kappa shape index (κ2) is 9.17. The first-order valence-corrected chi connectivity index (χ1v) is 11.8. The van der Waals surface area contributed by atoms with Crippen molar-refractivity contribution >= 4 is 27.3 Å². The van der Waals surface area contributed by atoms with Crippen LogP contribution in [0.25, 0.3) is 0 Å². The monoisotopic (exact) mass is 421 g/mol. The molecule has 2 heterocycles. The molecular formula is C20H27N3O3S2. The Morgan fingerprint density at radius 3 is 2.50 bits per heavy atom. The van der Waals surface area contributed by atoms with E-state index in [1.807, 2.05) is 32.3 Å². The number of sulfonamides is 1. The Balaban J connectivity index is 1.68. The molecule has 1 atom stereocenters. The van der Waals surface area contributed by atoms with Crippen LogP contribution in [0.2, 0.25) is 0 Å². The third-order valence-corrected chi connectivity index (χ3v) is 8.04. The fraction of sp³-hybridized carbons (Fsp3) is 0.450. The van der Waals surface area contributed by atoms with Crippen LogP contribution < -0.4 is 5.32 Å². The molecule has 0 spiro atoms. The van der Waals surface area contributed by atoms with Crippen molar-refractivity contribution in [1.29, 1.82) is 0 Å². The maximum absolute atomic E-state index is 12.9. The molecule has 8 heteroatoms. The van der Waals surface area contributed by atoms with Gasteiger partial charge in [-0.15, -0.1) is 11.3 Å². The smallest absolute Gasteiger partial charge is 0.262 e. The lowest BCUT2D eigenvalue weighted by molar-refractivity contribution is 0.0942. The Bertz CT molecular complexity index is 888. The summed E-state index contributed by atoms with van der Waals surface area (Å²) < 4.78 is 27.2. The van der Waals surface area contributed by atoms with E-state index in [4.69, 9.17) is 0 Å². The number of hydrogen-bond acceptors (Lipinski definition) is 5. The highest BCUT2D eigenvalue weighted by Crippen LogP contribution is 2.27. The van der Waals surface area contributed by atoms with Gasteiger partial charge in [-0.3, -0.25) is 4.79 Å². The molecule has 1 unspecified atom stereocenters. The van der Waals surface area contributed by atoms with Crippen molar-refractivity contribution in [2.24, 2.45) is 0 Å². The molecule has 0 radical (unpaired) electrons. The lowest BCUT2D eigenvalue weighted by Gasteiger charge is -2.25. The van der Waals surface area contributed by atoms with E-state index in [9.17, 15) is 13.2 Å². The summed E-state index contributed by atoms with van der Waals surface area (Å²) in [6.07, 6.45) is 2.54. The number of hydrogen-bond donors (Lipinski definition) is 1. The van der Waals surface area contributed by atoms with Gasteiger partial charge >= 0.3 is 0 Å². The molecule has 152 valence electrons. The van der Waals surface area contributed by atoms with Gasteiger partial charge in [-0.2, -0.15) is 4.31 Å². The Labute approximate surface area is 171 Å². The van der Waals surface area contributed by atoms with Crippen molar-refractivity contribution in [1.82, 2.24) is 14.5 Å². The number of amides is 1. The van der Waals surface area contributed by atoms with Gasteiger partial charge in [-0.1, -0.05) is 30.3 Å². The second-order valence-electron chi connectivity index (χ2n) is 7.24. The van der Waals surface area contributed by atoms with Crippen LogP contribution in [0.4, 0.5) is 0 Å². The minimum absolute atomic E-state index is 0.116. The zero-order valence-electron chi connectivity index (χ0n) is 16.3. The number of nitrogens with one attached hydrogen (secondary N) is 1. The molecular weight excluding hydrogens is 394 g/mol. The molecule has 2 aromatic rings. The van der Waals surface area contributed by atoms with Crippen LogP contribution in [0.3, 0.4) is 0 Å². The summed E-state index contributed by atoms with van der Waals surface area (Å²) >= 11 is 1.18. The van der Waals surface area contributed by atoms with Gasteiger partial charge in [0.1, 0.15) is 9.77 Å². The summed E-state index contributed by atoms with van der Waals surface area (Å²) in [6, 6.07) is 11.8. The van der Waals surface area contributed by atoms with Gasteiger partial charge in [0.2, 0.25) is 10.0 Å². The minimum atomic E-state index is -3.60. The van der Waals surface area contributed by atoms with Crippen molar-refractivity contribution in [2.45, 2.75) is 30.2 Å². The van der Waals surface area contributed by atoms with Gasteiger partial charge in [-0.25, -0.2) is 8.42 Å². The van der Waals surface area contributed by atoms with Crippen molar-refractivity contribution in [3.05, 3.63) is 52.2 Å². The minimum Gasteiger partial charge on any atom is -0.350 e. The fourth-order valence-electron chi connectivity index (χ4n) is 3.35. The van der Waals surface area contributed by atoms with E-state index in [2.05, 4.69) is 22.3 Å². The second-order valence-corrected chi connectivity index (χ2v) is 10.1. The molecule has 1 aliphatic heterocycles. The predicted molar refractivity (Wildman–Crippen MR) is 112 cm³/mol. The fourth-order valence-corrected chi connectivity index (χ4v) is 6.18. The van der Waals surface area contributed by atoms with Gasteiger partial charge in [0, 0.05) is 25.7 Å². The molecule has 3 rings (SSSR count). The van der Waals surface area contributed by atoms with Gasteiger partial charge in [-0.05, 0) is 50.4 Å². The number of likely N-dealkylation sites (N-methyl/N-ethyl adjacent to an activating group) is 1. The number of carbonyl (C=O) groups excluding carboxylic acids is 1. The molecule has 1 N–H and O–H groups in total. The van der Waals surface area contributed by atoms with E-state index < -0.39 is 10.0 Å². The number of benzene rings is 1. The highest BCUT2D eigenvalue weighted by Gasteiger charge is 2.32. The first-order chi connectivity index (χ1) is 13.4. The average Bonchev–Trinajstić information content (AvgIpc) is 3.38. The summed E-state index contributed by atoms with van der Waals surface area (Å²) in [5, 5.41) is 4.61. The van der Waals surface area contributed by atoms with E-state index in [1.54, 1.807) is 11.4 Å². The van der Waals surface area contributed by atoms with Gasteiger partial charge in [0.25, 0.3) is 5.91 Å². The largest absolute Gasteiger partial charge is 0.350 e. The third kappa shape index (κ3) is 4.81. The maximum Gasteiger partial charge on any atom is 0.262 e. The summed E-state index contributed by atoms with van der Waals surface area (Å²) in [7, 11) is 0.359. The highest BCUT2D eigenvalue weighted by molar-refractivity contribution is 7.89. The molecule has 1 saturated heterocycles. The number of carbonyl (C=O) groups is 1. The van der Waals surface area contributed by atoms with Crippen LogP contribution in [0, 0.1) is 0 Å². The lowest BCUT2D eigenvalue weighted by Crippen LogP contribution is -2.41. The summed E-state index contributed by atoms with van der Waals surface area (Å²) in [6.45, 7) is 1.50. The topological polar surface area (TPSA) is 69.7 Å². The van der Waals surface area contributed by atoms with Gasteiger partial charge in [0.05, 0.1) is 0 Å². The molecule has 28 heavy (non-hydrogen) atoms. The van der Waals surface area contributed by atoms with E-state index in [1.165, 1.54) is 21.2 Å². The van der Waals surface area contributed by atoms with E-state index in [0.29, 0.717) is 19.6 Å². The quantitative estimate of drug-likeness (QED) is 0.711. The Morgan fingerprint density at radius 2 is 1.86 bits per heavy atom. The summed E-state index contributed by atoms with van der Waals surface area (Å²) in [4.78, 5) is 15.2. The zero-order valence-corrected chi connectivity index (χ0v) is 17.9. The van der Waals surface area contributed by atoms with Gasteiger partial charge < -0.3 is 10.2 Å². The third-order valence-electron chi connectivity index (χ3n) is 5.06. The Morgan fingerprint density at radius 1 is 1.18 bits per heavy atom. The summed E-state index contributed by atoms with van der Waals surface area (Å²) in [5.74, 6) is -0.326. The van der Waals surface area contributed by atoms with Crippen molar-refractivity contribution in [2.75, 3.05) is 33.7 Å². The zero-order chi connectivity index (χ0) is 20.1. The highest BCUT2D eigenvalue weighted by atomic mass is 32.2. The summed E-state index contributed by atoms with van der Waals surface area (Å²) in [5.41, 5.74) is 1.20. The first-order valence-electron chi connectivity index (χ1n) is 9.46. The van der Waals surface area contributed by atoms with Crippen LogP contribution in [0.15, 0.2) is 46.7 Å². The molecule has 0 saturated carbocycles. The molecule has 6 nitrogen and oxygen atoms in total. The Kier molecular flexibility index (Phi) is 6.87. The first kappa shape index (κ1) is 21.0. The molecule has 1 aromatic heterocycles. The number of thiophene rings is 1. The molecule has 0 aliphatic carbocycles. The lowest BCUT2D eigenvalue weighted by atomic mass is 10.1. The van der Waals surface area contributed by atoms with Crippen LogP contribution in [-0.2, 0) is 16.4 Å². The Hall–Kier alpha value is -1.74. The molecule has 1 aliphatic rings. The van der Waals surface area contributed by atoms with Crippen LogP contribution in [-0.4, -0.2) is 63.3 Å². The average molecular weight is 422 g/mol. The molecule has 0 bridgehead atoms. The number of nitrogens with zero attached hydrogens (tertiary/aromatic N) is 2. The van der Waals surface area contributed by atoms with Crippen LogP contribution in [0.1, 0.15) is 28.1 Å². The SMILES string of the molecule is CN(C)C(CNC(=O)c1sccc1S(=O)(=O)N1CCCC1)Cc1ccccc1. The van der Waals surface area contributed by atoms with E-state index in [-0.39, 0.29) is 21.7 Å². The predicted octanol–water partition coefficient (Wildman–Crippen LogP) is 2.44. The maximum atomic E-state index is 12.9.